The minimum atomic E-state index is -4.14. The van der Waals surface area contributed by atoms with Crippen molar-refractivity contribution >= 4 is 33.2 Å². The summed E-state index contributed by atoms with van der Waals surface area (Å²) < 4.78 is 32.2. The van der Waals surface area contributed by atoms with Crippen molar-refractivity contribution in [1.82, 2.24) is 10.2 Å². The normalized spacial score (nSPS) is 11.8. The van der Waals surface area contributed by atoms with Crippen LogP contribution in [-0.4, -0.2) is 62.6 Å². The maximum atomic E-state index is 14.2. The zero-order chi connectivity index (χ0) is 30.9. The van der Waals surface area contributed by atoms with Gasteiger partial charge in [0.05, 0.1) is 18.3 Å². The Morgan fingerprint density at radius 2 is 1.71 bits per heavy atom. The van der Waals surface area contributed by atoms with Crippen LogP contribution < -0.4 is 14.4 Å². The molecule has 0 saturated heterocycles. The molecular weight excluding hydrogens is 560 g/mol. The second-order valence-electron chi connectivity index (χ2n) is 9.83. The van der Waals surface area contributed by atoms with Crippen LogP contribution in [0.1, 0.15) is 30.0 Å². The molecule has 224 valence electrons. The summed E-state index contributed by atoms with van der Waals surface area (Å²) in [6, 6.07) is 19.2. The SMILES string of the molecule is CCCNC(=O)[C@H](Cc1ccccc1)N(Cc1ccccc1C)C(=O)CN(c1cc([N+](=O)[O-])ccc1OC)S(C)(=O)=O. The molecule has 0 spiro atoms. The number of nitro groups is 1. The lowest BCUT2D eigenvalue weighted by Crippen LogP contribution is -2.53. The molecule has 0 aromatic heterocycles. The van der Waals surface area contributed by atoms with Gasteiger partial charge in [-0.15, -0.1) is 0 Å². The number of sulfonamides is 1. The zero-order valence-corrected chi connectivity index (χ0v) is 25.0. The molecule has 0 radical (unpaired) electrons. The van der Waals surface area contributed by atoms with Crippen LogP contribution in [0.25, 0.3) is 0 Å². The zero-order valence-electron chi connectivity index (χ0n) is 24.1. The van der Waals surface area contributed by atoms with Gasteiger partial charge in [-0.3, -0.25) is 24.0 Å². The molecule has 42 heavy (non-hydrogen) atoms. The molecule has 11 nitrogen and oxygen atoms in total. The van der Waals surface area contributed by atoms with Crippen molar-refractivity contribution < 1.29 is 27.7 Å². The summed E-state index contributed by atoms with van der Waals surface area (Å²) >= 11 is 0. The number of anilines is 1. The smallest absolute Gasteiger partial charge is 0.271 e. The largest absolute Gasteiger partial charge is 0.495 e. The van der Waals surface area contributed by atoms with E-state index in [-0.39, 0.29) is 36.0 Å². The molecule has 1 atom stereocenters. The van der Waals surface area contributed by atoms with E-state index >= 15 is 0 Å². The third-order valence-electron chi connectivity index (χ3n) is 6.74. The second-order valence-corrected chi connectivity index (χ2v) is 11.7. The van der Waals surface area contributed by atoms with Gasteiger partial charge in [0, 0.05) is 31.6 Å². The molecule has 2 amide bonds. The Hall–Kier alpha value is -4.45. The third kappa shape index (κ3) is 8.29. The first-order valence-electron chi connectivity index (χ1n) is 13.4. The van der Waals surface area contributed by atoms with Gasteiger partial charge in [-0.25, -0.2) is 8.42 Å². The van der Waals surface area contributed by atoms with Crippen molar-refractivity contribution in [2.75, 3.05) is 30.8 Å². The van der Waals surface area contributed by atoms with Crippen molar-refractivity contribution in [2.45, 2.75) is 39.3 Å². The van der Waals surface area contributed by atoms with Gasteiger partial charge < -0.3 is 15.0 Å². The molecule has 3 aromatic carbocycles. The number of benzene rings is 3. The van der Waals surface area contributed by atoms with Gasteiger partial charge in [-0.1, -0.05) is 61.5 Å². The highest BCUT2D eigenvalue weighted by Gasteiger charge is 2.34. The Labute approximate surface area is 246 Å². The number of ether oxygens (including phenoxy) is 1. The molecule has 0 aliphatic heterocycles. The van der Waals surface area contributed by atoms with Crippen LogP contribution in [0, 0.1) is 17.0 Å². The van der Waals surface area contributed by atoms with Crippen LogP contribution in [0.4, 0.5) is 11.4 Å². The van der Waals surface area contributed by atoms with Crippen LogP contribution in [0.15, 0.2) is 72.8 Å². The summed E-state index contributed by atoms with van der Waals surface area (Å²) in [5, 5.41) is 14.4. The highest BCUT2D eigenvalue weighted by Crippen LogP contribution is 2.34. The van der Waals surface area contributed by atoms with Gasteiger partial charge in [0.2, 0.25) is 21.8 Å². The molecule has 0 heterocycles. The standard InChI is InChI=1S/C30H36N4O7S/c1-5-17-31-30(36)27(18-23-12-7-6-8-13-23)32(20-24-14-10-9-11-22(24)2)29(35)21-33(42(4,39)40)26-19-25(34(37)38)15-16-28(26)41-3/h6-16,19,27H,5,17-18,20-21H2,1-4H3,(H,31,36)/t27-/m0/s1. The first-order valence-corrected chi connectivity index (χ1v) is 15.3. The molecule has 12 heteroatoms. The lowest BCUT2D eigenvalue weighted by Gasteiger charge is -2.34. The number of non-ortho nitro benzene ring substituents is 1. The van der Waals surface area contributed by atoms with E-state index in [9.17, 15) is 28.1 Å². The highest BCUT2D eigenvalue weighted by atomic mass is 32.2. The fraction of sp³-hybridized carbons (Fsp3) is 0.333. The number of methoxy groups -OCH3 is 1. The van der Waals surface area contributed by atoms with Crippen LogP contribution in [-0.2, 0) is 32.6 Å². The van der Waals surface area contributed by atoms with E-state index in [4.69, 9.17) is 4.74 Å². The number of nitro benzene ring substituents is 1. The summed E-state index contributed by atoms with van der Waals surface area (Å²) in [6.07, 6.45) is 1.77. The number of carbonyl (C=O) groups is 2. The van der Waals surface area contributed by atoms with E-state index in [1.807, 2.05) is 68.4 Å². The fourth-order valence-electron chi connectivity index (χ4n) is 4.47. The molecule has 0 aliphatic carbocycles. The Kier molecular flexibility index (Phi) is 11.0. The molecule has 3 aromatic rings. The van der Waals surface area contributed by atoms with Crippen molar-refractivity contribution in [3.05, 3.63) is 99.6 Å². The van der Waals surface area contributed by atoms with Gasteiger partial charge in [0.1, 0.15) is 24.0 Å². The number of rotatable bonds is 14. The molecule has 0 fully saturated rings. The van der Waals surface area contributed by atoms with Gasteiger partial charge in [0.15, 0.2) is 0 Å². The van der Waals surface area contributed by atoms with E-state index in [0.29, 0.717) is 13.0 Å². The summed E-state index contributed by atoms with van der Waals surface area (Å²) in [5.41, 5.74) is 1.96. The molecule has 0 aliphatic rings. The van der Waals surface area contributed by atoms with Crippen molar-refractivity contribution in [3.8, 4) is 5.75 Å². The Morgan fingerprint density at radius 1 is 1.05 bits per heavy atom. The van der Waals surface area contributed by atoms with Crippen LogP contribution >= 0.6 is 0 Å². The van der Waals surface area contributed by atoms with Gasteiger partial charge in [-0.2, -0.15) is 0 Å². The van der Waals surface area contributed by atoms with E-state index in [2.05, 4.69) is 5.32 Å². The number of amides is 2. The molecular formula is C30H36N4O7S. The number of hydrogen-bond acceptors (Lipinski definition) is 7. The average Bonchev–Trinajstić information content (AvgIpc) is 2.96. The Morgan fingerprint density at radius 3 is 2.31 bits per heavy atom. The Balaban J connectivity index is 2.12. The average molecular weight is 597 g/mol. The number of hydrogen-bond donors (Lipinski definition) is 1. The quantitative estimate of drug-likeness (QED) is 0.220. The maximum absolute atomic E-state index is 14.2. The summed E-state index contributed by atoms with van der Waals surface area (Å²) in [6.45, 7) is 3.52. The van der Waals surface area contributed by atoms with Crippen molar-refractivity contribution in [1.29, 1.82) is 0 Å². The Bertz CT molecular complexity index is 1510. The second kappa shape index (κ2) is 14.4. The minimum absolute atomic E-state index is 0.0332. The van der Waals surface area contributed by atoms with Crippen molar-refractivity contribution in [3.63, 3.8) is 0 Å². The lowest BCUT2D eigenvalue weighted by atomic mass is 10.0. The first kappa shape index (κ1) is 32.1. The molecule has 1 N–H and O–H groups in total. The van der Waals surface area contributed by atoms with Crippen LogP contribution in [0.2, 0.25) is 0 Å². The predicted octanol–water partition coefficient (Wildman–Crippen LogP) is 3.84. The van der Waals surface area contributed by atoms with Gasteiger partial charge in [-0.05, 0) is 36.1 Å². The fourth-order valence-corrected chi connectivity index (χ4v) is 5.32. The lowest BCUT2D eigenvalue weighted by molar-refractivity contribution is -0.384. The predicted molar refractivity (Wildman–Crippen MR) is 161 cm³/mol. The maximum Gasteiger partial charge on any atom is 0.271 e. The topological polar surface area (TPSA) is 139 Å². The molecule has 0 bridgehead atoms. The molecule has 0 unspecified atom stereocenters. The monoisotopic (exact) mass is 596 g/mol. The number of aryl methyl sites for hydroxylation is 1. The summed E-state index contributed by atoms with van der Waals surface area (Å²) in [4.78, 5) is 40.0. The van der Waals surface area contributed by atoms with Crippen LogP contribution in [0.3, 0.4) is 0 Å². The minimum Gasteiger partial charge on any atom is -0.495 e. The number of nitrogens with one attached hydrogen (secondary N) is 1. The number of carbonyl (C=O) groups excluding carboxylic acids is 2. The summed E-state index contributed by atoms with van der Waals surface area (Å²) in [5.74, 6) is -1.00. The van der Waals surface area contributed by atoms with E-state index in [1.54, 1.807) is 0 Å². The molecule has 0 saturated carbocycles. The van der Waals surface area contributed by atoms with Crippen molar-refractivity contribution in [2.24, 2.45) is 0 Å². The van der Waals surface area contributed by atoms with Gasteiger partial charge in [0.25, 0.3) is 5.69 Å². The first-order chi connectivity index (χ1) is 20.0. The highest BCUT2D eigenvalue weighted by molar-refractivity contribution is 7.92. The van der Waals surface area contributed by atoms with E-state index < -0.39 is 33.4 Å². The third-order valence-corrected chi connectivity index (χ3v) is 7.87. The van der Waals surface area contributed by atoms with Gasteiger partial charge >= 0.3 is 0 Å². The number of nitrogens with zero attached hydrogens (tertiary/aromatic N) is 3. The van der Waals surface area contributed by atoms with Crippen LogP contribution in [0.5, 0.6) is 5.75 Å². The van der Waals surface area contributed by atoms with E-state index in [0.717, 1.165) is 33.3 Å². The van der Waals surface area contributed by atoms with E-state index in [1.165, 1.54) is 24.1 Å². The molecule has 3 rings (SSSR count). The summed E-state index contributed by atoms with van der Waals surface area (Å²) in [7, 11) is -2.84.